The zero-order valence-electron chi connectivity index (χ0n) is 7.90. The smallest absolute Gasteiger partial charge is 0.309 e. The molecule has 0 aromatic rings. The van der Waals surface area contributed by atoms with Crippen LogP contribution in [0.2, 0.25) is 0 Å². The largest absolute Gasteiger partial charge is 0.481 e. The lowest BCUT2D eigenvalue weighted by Gasteiger charge is -2.20. The minimum Gasteiger partial charge on any atom is -0.481 e. The Kier molecular flexibility index (Phi) is 3.64. The predicted octanol–water partition coefficient (Wildman–Crippen LogP) is -0.695. The van der Waals surface area contributed by atoms with E-state index in [1.54, 1.807) is 6.08 Å². The van der Waals surface area contributed by atoms with Crippen LogP contribution in [0.4, 0.5) is 0 Å². The zero-order valence-corrected chi connectivity index (χ0v) is 7.90. The Morgan fingerprint density at radius 2 is 2.50 bits per heavy atom. The summed E-state index contributed by atoms with van der Waals surface area (Å²) < 4.78 is 0. The van der Waals surface area contributed by atoms with Gasteiger partial charge in [-0.1, -0.05) is 6.08 Å². The molecule has 1 fully saturated rings. The molecular formula is C9H14N2O3. The number of nitrogens with zero attached hydrogens (tertiary/aromatic N) is 1. The Morgan fingerprint density at radius 1 is 1.79 bits per heavy atom. The van der Waals surface area contributed by atoms with E-state index >= 15 is 0 Å². The Bertz CT molecular complexity index is 252. The highest BCUT2D eigenvalue weighted by Crippen LogP contribution is 2.04. The fraction of sp³-hybridized carbons (Fsp3) is 0.556. The topological polar surface area (TPSA) is 69.6 Å². The van der Waals surface area contributed by atoms with Gasteiger partial charge in [-0.3, -0.25) is 9.59 Å². The quantitative estimate of drug-likeness (QED) is 0.589. The highest BCUT2D eigenvalue weighted by Gasteiger charge is 2.26. The number of amides is 1. The summed E-state index contributed by atoms with van der Waals surface area (Å²) in [5, 5.41) is 11.6. The van der Waals surface area contributed by atoms with Crippen LogP contribution in [0.25, 0.3) is 0 Å². The maximum Gasteiger partial charge on any atom is 0.309 e. The molecule has 0 saturated carbocycles. The average Bonchev–Trinajstić information content (AvgIpc) is 2.30. The molecule has 1 amide bonds. The Labute approximate surface area is 82.4 Å². The van der Waals surface area contributed by atoms with E-state index in [0.717, 1.165) is 0 Å². The second-order valence-electron chi connectivity index (χ2n) is 3.25. The summed E-state index contributed by atoms with van der Waals surface area (Å²) >= 11 is 0. The average molecular weight is 198 g/mol. The maximum absolute atomic E-state index is 11.4. The molecule has 0 aromatic carbocycles. The summed E-state index contributed by atoms with van der Waals surface area (Å²) in [6.07, 6.45) is 1.60. The lowest BCUT2D eigenvalue weighted by Crippen LogP contribution is -2.37. The summed E-state index contributed by atoms with van der Waals surface area (Å²) in [6, 6.07) is 0. The molecule has 0 bridgehead atoms. The summed E-state index contributed by atoms with van der Waals surface area (Å²) in [5.74, 6) is -1.48. The first-order valence-corrected chi connectivity index (χ1v) is 4.47. The normalized spacial score (nSPS) is 23.0. The third kappa shape index (κ3) is 2.56. The molecule has 0 spiro atoms. The van der Waals surface area contributed by atoms with E-state index in [0.29, 0.717) is 13.1 Å². The first-order chi connectivity index (χ1) is 6.65. The predicted molar refractivity (Wildman–Crippen MR) is 50.8 cm³/mol. The van der Waals surface area contributed by atoms with Crippen LogP contribution in [0, 0.1) is 5.92 Å². The van der Waals surface area contributed by atoms with E-state index in [-0.39, 0.29) is 19.0 Å². The van der Waals surface area contributed by atoms with Gasteiger partial charge in [-0.15, -0.1) is 6.58 Å². The first-order valence-electron chi connectivity index (χ1n) is 4.47. The molecule has 1 aliphatic rings. The number of carbonyl (C=O) groups is 2. The number of carboxylic acids is 1. The van der Waals surface area contributed by atoms with Crippen molar-refractivity contribution in [2.24, 2.45) is 5.92 Å². The van der Waals surface area contributed by atoms with E-state index in [9.17, 15) is 9.59 Å². The standard InChI is InChI=1S/C9H14N2O3/c1-2-3-11-6-7(9(13)14)4-10-5-8(11)12/h2,7,10H,1,3-6H2,(H,13,14). The third-order valence-electron chi connectivity index (χ3n) is 2.16. The van der Waals surface area contributed by atoms with E-state index in [1.165, 1.54) is 4.90 Å². The maximum atomic E-state index is 11.4. The van der Waals surface area contributed by atoms with Crippen molar-refractivity contribution < 1.29 is 14.7 Å². The molecule has 1 atom stereocenters. The fourth-order valence-electron chi connectivity index (χ4n) is 1.40. The Balaban J connectivity index is 2.66. The summed E-state index contributed by atoms with van der Waals surface area (Å²) in [4.78, 5) is 23.7. The molecule has 5 heteroatoms. The van der Waals surface area contributed by atoms with Gasteiger partial charge < -0.3 is 15.3 Å². The molecule has 1 unspecified atom stereocenters. The molecular weight excluding hydrogens is 184 g/mol. The fourth-order valence-corrected chi connectivity index (χ4v) is 1.40. The molecule has 14 heavy (non-hydrogen) atoms. The van der Waals surface area contributed by atoms with Gasteiger partial charge >= 0.3 is 5.97 Å². The number of carbonyl (C=O) groups excluding carboxylic acids is 1. The number of carboxylic acid groups (broad SMARTS) is 1. The van der Waals surface area contributed by atoms with Crippen molar-refractivity contribution in [3.8, 4) is 0 Å². The highest BCUT2D eigenvalue weighted by molar-refractivity contribution is 5.80. The molecule has 5 nitrogen and oxygen atoms in total. The molecule has 1 heterocycles. The highest BCUT2D eigenvalue weighted by atomic mass is 16.4. The number of hydrogen-bond donors (Lipinski definition) is 2. The van der Waals surface area contributed by atoms with Crippen molar-refractivity contribution in [3.63, 3.8) is 0 Å². The van der Waals surface area contributed by atoms with Crippen molar-refractivity contribution in [1.29, 1.82) is 0 Å². The molecule has 0 aromatic heterocycles. The first kappa shape index (κ1) is 10.7. The molecule has 1 aliphatic heterocycles. The van der Waals surface area contributed by atoms with E-state index < -0.39 is 11.9 Å². The second kappa shape index (κ2) is 4.76. The van der Waals surface area contributed by atoms with Crippen LogP contribution in [-0.2, 0) is 9.59 Å². The van der Waals surface area contributed by atoms with Crippen LogP contribution in [0.3, 0.4) is 0 Å². The van der Waals surface area contributed by atoms with Gasteiger partial charge in [-0.25, -0.2) is 0 Å². The van der Waals surface area contributed by atoms with Crippen molar-refractivity contribution >= 4 is 11.9 Å². The van der Waals surface area contributed by atoms with Gasteiger partial charge in [0.1, 0.15) is 0 Å². The molecule has 0 aliphatic carbocycles. The van der Waals surface area contributed by atoms with E-state index in [4.69, 9.17) is 5.11 Å². The molecule has 1 rings (SSSR count). The molecule has 78 valence electrons. The van der Waals surface area contributed by atoms with Crippen LogP contribution in [-0.4, -0.2) is 48.1 Å². The van der Waals surface area contributed by atoms with E-state index in [1.807, 2.05) is 0 Å². The van der Waals surface area contributed by atoms with E-state index in [2.05, 4.69) is 11.9 Å². The van der Waals surface area contributed by atoms with Crippen molar-refractivity contribution in [1.82, 2.24) is 10.2 Å². The monoisotopic (exact) mass is 198 g/mol. The SMILES string of the molecule is C=CCN1CC(C(=O)O)CNCC1=O. The third-order valence-corrected chi connectivity index (χ3v) is 2.16. The Hall–Kier alpha value is -1.36. The zero-order chi connectivity index (χ0) is 10.6. The molecule has 2 N–H and O–H groups in total. The van der Waals surface area contributed by atoms with Gasteiger partial charge in [0.25, 0.3) is 0 Å². The number of nitrogens with one attached hydrogen (secondary N) is 1. The summed E-state index contributed by atoms with van der Waals surface area (Å²) in [5.41, 5.74) is 0. The minimum atomic E-state index is -0.874. The van der Waals surface area contributed by atoms with Gasteiger partial charge in [-0.2, -0.15) is 0 Å². The van der Waals surface area contributed by atoms with Crippen molar-refractivity contribution in [2.75, 3.05) is 26.2 Å². The van der Waals surface area contributed by atoms with Gasteiger partial charge in [0, 0.05) is 19.6 Å². The lowest BCUT2D eigenvalue weighted by molar-refractivity contribution is -0.142. The van der Waals surface area contributed by atoms with Crippen molar-refractivity contribution in [2.45, 2.75) is 0 Å². The molecule has 0 radical (unpaired) electrons. The van der Waals surface area contributed by atoms with Crippen LogP contribution < -0.4 is 5.32 Å². The van der Waals surface area contributed by atoms with Gasteiger partial charge in [0.05, 0.1) is 12.5 Å². The number of rotatable bonds is 3. The van der Waals surface area contributed by atoms with Crippen LogP contribution in [0.5, 0.6) is 0 Å². The summed E-state index contributed by atoms with van der Waals surface area (Å²) in [7, 11) is 0. The van der Waals surface area contributed by atoms with Crippen LogP contribution >= 0.6 is 0 Å². The van der Waals surface area contributed by atoms with Crippen molar-refractivity contribution in [3.05, 3.63) is 12.7 Å². The number of hydrogen-bond acceptors (Lipinski definition) is 3. The van der Waals surface area contributed by atoms with Gasteiger partial charge in [0.2, 0.25) is 5.91 Å². The number of aliphatic carboxylic acids is 1. The minimum absolute atomic E-state index is 0.0753. The van der Waals surface area contributed by atoms with Gasteiger partial charge in [-0.05, 0) is 0 Å². The molecule has 1 saturated heterocycles. The lowest BCUT2D eigenvalue weighted by atomic mass is 10.1. The second-order valence-corrected chi connectivity index (χ2v) is 3.25. The summed E-state index contributed by atoms with van der Waals surface area (Å²) in [6.45, 7) is 4.74. The van der Waals surface area contributed by atoms with Crippen LogP contribution in [0.1, 0.15) is 0 Å². The Morgan fingerprint density at radius 3 is 3.07 bits per heavy atom. The van der Waals surface area contributed by atoms with Crippen LogP contribution in [0.15, 0.2) is 12.7 Å². The van der Waals surface area contributed by atoms with Gasteiger partial charge in [0.15, 0.2) is 0 Å².